The molecule has 1 saturated heterocycles. The average molecular weight is 466 g/mol. The molecule has 0 saturated carbocycles. The summed E-state index contributed by atoms with van der Waals surface area (Å²) in [5, 5.41) is 6.31. The fourth-order valence-corrected chi connectivity index (χ4v) is 4.04. The van der Waals surface area contributed by atoms with Crippen molar-refractivity contribution in [1.29, 1.82) is 0 Å². The molecule has 34 heavy (non-hydrogen) atoms. The van der Waals surface area contributed by atoms with Gasteiger partial charge in [-0.2, -0.15) is 5.01 Å². The van der Waals surface area contributed by atoms with Crippen molar-refractivity contribution in [1.82, 2.24) is 20.7 Å². The van der Waals surface area contributed by atoms with Crippen LogP contribution in [0, 0.1) is 6.92 Å². The zero-order valence-electron chi connectivity index (χ0n) is 19.8. The van der Waals surface area contributed by atoms with E-state index >= 15 is 0 Å². The lowest BCUT2D eigenvalue weighted by atomic mass is 9.87. The summed E-state index contributed by atoms with van der Waals surface area (Å²) in [5.74, 6) is -1.35. The number of nitrogens with zero attached hydrogens (tertiary/aromatic N) is 2. The lowest BCUT2D eigenvalue weighted by molar-refractivity contribution is -0.140. The van der Waals surface area contributed by atoms with E-state index in [1.807, 2.05) is 44.2 Å². The van der Waals surface area contributed by atoms with Crippen molar-refractivity contribution in [3.63, 3.8) is 0 Å². The molecule has 5 amide bonds. The zero-order chi connectivity index (χ0) is 24.7. The number of hydrazine groups is 1. The Morgan fingerprint density at radius 2 is 1.62 bits per heavy atom. The van der Waals surface area contributed by atoms with Crippen molar-refractivity contribution in [3.8, 4) is 0 Å². The van der Waals surface area contributed by atoms with Gasteiger partial charge in [0.05, 0.1) is 13.1 Å². The van der Waals surface area contributed by atoms with Crippen LogP contribution in [0.5, 0.6) is 0 Å². The Hall–Kier alpha value is -3.72. The van der Waals surface area contributed by atoms with Crippen molar-refractivity contribution >= 4 is 29.4 Å². The van der Waals surface area contributed by atoms with Crippen molar-refractivity contribution in [2.45, 2.75) is 39.2 Å². The van der Waals surface area contributed by atoms with Gasteiger partial charge in [-0.05, 0) is 43.5 Å². The van der Waals surface area contributed by atoms with E-state index < -0.39 is 23.4 Å². The Labute approximate surface area is 199 Å². The minimum absolute atomic E-state index is 0.00134. The van der Waals surface area contributed by atoms with Crippen LogP contribution in [0.1, 0.15) is 37.8 Å². The van der Waals surface area contributed by atoms with Gasteiger partial charge in [0.2, 0.25) is 5.91 Å². The molecular formula is C25H31N5O4. The highest BCUT2D eigenvalue weighted by Gasteiger charge is 2.52. The molecule has 2 aromatic rings. The van der Waals surface area contributed by atoms with Gasteiger partial charge < -0.3 is 10.6 Å². The van der Waals surface area contributed by atoms with Crippen LogP contribution >= 0.6 is 0 Å². The summed E-state index contributed by atoms with van der Waals surface area (Å²) in [6, 6.07) is 15.7. The van der Waals surface area contributed by atoms with Crippen molar-refractivity contribution in [2.75, 3.05) is 25.0 Å². The minimum Gasteiger partial charge on any atom is -0.325 e. The number of nitrogens with one attached hydrogen (secondary N) is 3. The Kier molecular flexibility index (Phi) is 8.01. The van der Waals surface area contributed by atoms with E-state index in [4.69, 9.17) is 0 Å². The molecule has 0 radical (unpaired) electrons. The van der Waals surface area contributed by atoms with Gasteiger partial charge in [-0.15, -0.1) is 0 Å². The third kappa shape index (κ3) is 5.43. The molecule has 9 heteroatoms. The molecule has 0 spiro atoms. The van der Waals surface area contributed by atoms with E-state index in [9.17, 15) is 19.2 Å². The summed E-state index contributed by atoms with van der Waals surface area (Å²) < 4.78 is 0. The number of hydrogen-bond donors (Lipinski definition) is 3. The van der Waals surface area contributed by atoms with E-state index in [0.29, 0.717) is 24.2 Å². The molecule has 9 nitrogen and oxygen atoms in total. The average Bonchev–Trinajstić information content (AvgIpc) is 3.06. The SMILES string of the molecule is CCCN(CC(=O)Nc1ccccc1C)CC(=O)NN1C(=O)NC(CC)(c2ccccc2)C1=O. The molecule has 0 bridgehead atoms. The smallest absolute Gasteiger partial charge is 0.325 e. The molecule has 0 aliphatic carbocycles. The molecule has 1 heterocycles. The number of carbonyl (C=O) groups excluding carboxylic acids is 4. The Morgan fingerprint density at radius 1 is 0.971 bits per heavy atom. The molecule has 1 fully saturated rings. The van der Waals surface area contributed by atoms with E-state index in [2.05, 4.69) is 16.1 Å². The molecular weight excluding hydrogens is 434 g/mol. The third-order valence-electron chi connectivity index (χ3n) is 5.82. The van der Waals surface area contributed by atoms with E-state index in [1.165, 1.54) is 0 Å². The van der Waals surface area contributed by atoms with Crippen LogP contribution in [-0.2, 0) is 19.9 Å². The van der Waals surface area contributed by atoms with Gasteiger partial charge in [-0.25, -0.2) is 4.79 Å². The number of anilines is 1. The second-order valence-corrected chi connectivity index (χ2v) is 8.30. The number of urea groups is 1. The highest BCUT2D eigenvalue weighted by Crippen LogP contribution is 2.31. The number of benzene rings is 2. The van der Waals surface area contributed by atoms with Crippen molar-refractivity contribution < 1.29 is 19.2 Å². The van der Waals surface area contributed by atoms with E-state index in [1.54, 1.807) is 36.1 Å². The number of rotatable bonds is 10. The van der Waals surface area contributed by atoms with E-state index in [0.717, 1.165) is 17.0 Å². The first-order chi connectivity index (χ1) is 16.3. The van der Waals surface area contributed by atoms with Gasteiger partial charge in [0.1, 0.15) is 5.54 Å². The van der Waals surface area contributed by atoms with Crippen LogP contribution in [0.2, 0.25) is 0 Å². The Bertz CT molecular complexity index is 1060. The van der Waals surface area contributed by atoms with Gasteiger partial charge in [-0.1, -0.05) is 62.4 Å². The molecule has 3 N–H and O–H groups in total. The maximum Gasteiger partial charge on any atom is 0.344 e. The normalized spacial score (nSPS) is 17.6. The predicted octanol–water partition coefficient (Wildman–Crippen LogP) is 2.53. The molecule has 3 rings (SSSR count). The van der Waals surface area contributed by atoms with Gasteiger partial charge in [0.25, 0.3) is 11.8 Å². The predicted molar refractivity (Wildman–Crippen MR) is 128 cm³/mol. The minimum atomic E-state index is -1.23. The first-order valence-electron chi connectivity index (χ1n) is 11.4. The van der Waals surface area contributed by atoms with Crippen LogP contribution in [0.25, 0.3) is 0 Å². The van der Waals surface area contributed by atoms with Crippen LogP contribution in [0.15, 0.2) is 54.6 Å². The fraction of sp³-hybridized carbons (Fsp3) is 0.360. The first kappa shape index (κ1) is 24.9. The number of aryl methyl sites for hydroxylation is 1. The summed E-state index contributed by atoms with van der Waals surface area (Å²) in [4.78, 5) is 52.7. The topological polar surface area (TPSA) is 111 Å². The number of imide groups is 1. The maximum atomic E-state index is 13.2. The van der Waals surface area contributed by atoms with E-state index in [-0.39, 0.29) is 19.0 Å². The molecule has 180 valence electrons. The second kappa shape index (κ2) is 10.9. The monoisotopic (exact) mass is 465 g/mol. The third-order valence-corrected chi connectivity index (χ3v) is 5.82. The van der Waals surface area contributed by atoms with Crippen molar-refractivity contribution in [3.05, 3.63) is 65.7 Å². The van der Waals surface area contributed by atoms with Crippen LogP contribution < -0.4 is 16.1 Å². The summed E-state index contributed by atoms with van der Waals surface area (Å²) in [5.41, 5.74) is 3.48. The molecule has 1 unspecified atom stereocenters. The number of para-hydroxylation sites is 1. The Balaban J connectivity index is 1.64. The summed E-state index contributed by atoms with van der Waals surface area (Å²) in [6.45, 7) is 5.99. The second-order valence-electron chi connectivity index (χ2n) is 8.30. The molecule has 0 aromatic heterocycles. The standard InChI is InChI=1S/C25H31N5O4/c1-4-15-29(16-21(31)26-20-14-10-9-11-18(20)3)17-22(32)28-30-23(33)25(5-2,27-24(30)34)19-12-7-6-8-13-19/h6-14H,4-5,15-17H2,1-3H3,(H,26,31)(H,27,34)(H,28,32). The molecule has 2 aromatic carbocycles. The fourth-order valence-electron chi connectivity index (χ4n) is 4.04. The summed E-state index contributed by atoms with van der Waals surface area (Å²) >= 11 is 0. The lowest BCUT2D eigenvalue weighted by Crippen LogP contribution is -2.51. The largest absolute Gasteiger partial charge is 0.344 e. The molecule has 1 aliphatic heterocycles. The highest BCUT2D eigenvalue weighted by atomic mass is 16.2. The molecule has 1 aliphatic rings. The van der Waals surface area contributed by atoms with Crippen molar-refractivity contribution in [2.24, 2.45) is 0 Å². The number of amides is 5. The summed E-state index contributed by atoms with van der Waals surface area (Å²) in [7, 11) is 0. The van der Waals surface area contributed by atoms with Crippen LogP contribution in [0.3, 0.4) is 0 Å². The highest BCUT2D eigenvalue weighted by molar-refractivity contribution is 6.08. The van der Waals surface area contributed by atoms with Gasteiger partial charge in [-0.3, -0.25) is 24.7 Å². The molecule has 1 atom stereocenters. The Morgan fingerprint density at radius 3 is 2.26 bits per heavy atom. The number of carbonyl (C=O) groups is 4. The quantitative estimate of drug-likeness (QED) is 0.467. The maximum absolute atomic E-state index is 13.2. The van der Waals surface area contributed by atoms with Crippen LogP contribution in [0.4, 0.5) is 10.5 Å². The first-order valence-corrected chi connectivity index (χ1v) is 11.4. The van der Waals surface area contributed by atoms with Gasteiger partial charge in [0, 0.05) is 5.69 Å². The van der Waals surface area contributed by atoms with Gasteiger partial charge >= 0.3 is 6.03 Å². The zero-order valence-corrected chi connectivity index (χ0v) is 19.8. The number of hydrogen-bond acceptors (Lipinski definition) is 5. The van der Waals surface area contributed by atoms with Gasteiger partial charge in [0.15, 0.2) is 0 Å². The lowest BCUT2D eigenvalue weighted by Gasteiger charge is -2.26. The van der Waals surface area contributed by atoms with Crippen LogP contribution in [-0.4, -0.2) is 53.3 Å². The summed E-state index contributed by atoms with van der Waals surface area (Å²) in [6.07, 6.45) is 1.05.